The van der Waals surface area contributed by atoms with Gasteiger partial charge >= 0.3 is 0 Å². The van der Waals surface area contributed by atoms with Gasteiger partial charge in [0.25, 0.3) is 0 Å². The summed E-state index contributed by atoms with van der Waals surface area (Å²) in [6.45, 7) is 1.91. The van der Waals surface area contributed by atoms with Crippen molar-refractivity contribution in [3.8, 4) is 22.6 Å². The van der Waals surface area contributed by atoms with Crippen LogP contribution in [0.25, 0.3) is 11.1 Å². The molecule has 0 aliphatic rings. The lowest BCUT2D eigenvalue weighted by atomic mass is 10.0. The normalized spacial score (nSPS) is 12.1. The number of halogens is 1. The third kappa shape index (κ3) is 2.89. The van der Waals surface area contributed by atoms with E-state index < -0.39 is 0 Å². The van der Waals surface area contributed by atoms with Crippen molar-refractivity contribution in [2.75, 3.05) is 14.2 Å². The Balaban J connectivity index is 2.48. The molecule has 3 nitrogen and oxygen atoms in total. The average Bonchev–Trinajstić information content (AvgIpc) is 2.46. The van der Waals surface area contributed by atoms with Gasteiger partial charge < -0.3 is 15.2 Å². The van der Waals surface area contributed by atoms with Gasteiger partial charge in [-0.2, -0.15) is 0 Å². The Morgan fingerprint density at radius 2 is 1.80 bits per heavy atom. The van der Waals surface area contributed by atoms with E-state index in [1.807, 2.05) is 43.3 Å². The maximum Gasteiger partial charge on any atom is 0.130 e. The van der Waals surface area contributed by atoms with Crippen molar-refractivity contribution < 1.29 is 9.47 Å². The number of methoxy groups -OCH3 is 2. The molecular formula is C16H18ClNO2. The minimum Gasteiger partial charge on any atom is -0.497 e. The van der Waals surface area contributed by atoms with Crippen molar-refractivity contribution in [1.82, 2.24) is 0 Å². The molecule has 0 heterocycles. The molecule has 1 atom stereocenters. The molecule has 2 rings (SSSR count). The summed E-state index contributed by atoms with van der Waals surface area (Å²) in [6, 6.07) is 11.5. The second-order valence-corrected chi connectivity index (χ2v) is 5.00. The van der Waals surface area contributed by atoms with Crippen molar-refractivity contribution in [2.24, 2.45) is 5.73 Å². The van der Waals surface area contributed by atoms with Gasteiger partial charge in [-0.05, 0) is 36.2 Å². The number of rotatable bonds is 4. The Kier molecular flexibility index (Phi) is 4.53. The predicted molar refractivity (Wildman–Crippen MR) is 82.6 cm³/mol. The molecule has 2 N–H and O–H groups in total. The lowest BCUT2D eigenvalue weighted by molar-refractivity contribution is 0.395. The standard InChI is InChI=1S/C16H18ClNO2/c1-10(18)13-6-4-11(8-15(13)17)14-7-5-12(19-2)9-16(14)20-3/h4-10H,18H2,1-3H3. The van der Waals surface area contributed by atoms with Gasteiger partial charge in [0, 0.05) is 22.7 Å². The van der Waals surface area contributed by atoms with Crippen LogP contribution in [-0.2, 0) is 0 Å². The van der Waals surface area contributed by atoms with E-state index >= 15 is 0 Å². The zero-order chi connectivity index (χ0) is 14.7. The van der Waals surface area contributed by atoms with Crippen molar-refractivity contribution in [1.29, 1.82) is 0 Å². The van der Waals surface area contributed by atoms with E-state index in [1.54, 1.807) is 14.2 Å². The molecule has 0 fully saturated rings. The summed E-state index contributed by atoms with van der Waals surface area (Å²) in [7, 11) is 3.26. The minimum absolute atomic E-state index is 0.0886. The number of nitrogens with two attached hydrogens (primary N) is 1. The third-order valence-corrected chi connectivity index (χ3v) is 3.54. The number of benzene rings is 2. The van der Waals surface area contributed by atoms with Crippen LogP contribution in [0.3, 0.4) is 0 Å². The Morgan fingerprint density at radius 3 is 2.35 bits per heavy atom. The van der Waals surface area contributed by atoms with Crippen LogP contribution in [0.4, 0.5) is 0 Å². The molecule has 0 aliphatic carbocycles. The molecule has 1 unspecified atom stereocenters. The third-order valence-electron chi connectivity index (χ3n) is 3.21. The van der Waals surface area contributed by atoms with Crippen molar-refractivity contribution >= 4 is 11.6 Å². The Labute approximate surface area is 124 Å². The van der Waals surface area contributed by atoms with Crippen LogP contribution in [-0.4, -0.2) is 14.2 Å². The molecule has 0 saturated carbocycles. The van der Waals surface area contributed by atoms with E-state index in [-0.39, 0.29) is 6.04 Å². The van der Waals surface area contributed by atoms with Crippen LogP contribution in [0.5, 0.6) is 11.5 Å². The average molecular weight is 292 g/mol. The van der Waals surface area contributed by atoms with Gasteiger partial charge in [-0.1, -0.05) is 23.7 Å². The maximum atomic E-state index is 6.28. The Morgan fingerprint density at radius 1 is 1.05 bits per heavy atom. The number of hydrogen-bond acceptors (Lipinski definition) is 3. The van der Waals surface area contributed by atoms with Gasteiger partial charge in [-0.3, -0.25) is 0 Å². The summed E-state index contributed by atoms with van der Waals surface area (Å²) in [4.78, 5) is 0. The van der Waals surface area contributed by atoms with Crippen molar-refractivity contribution in [3.05, 3.63) is 47.0 Å². The van der Waals surface area contributed by atoms with E-state index in [0.717, 1.165) is 28.2 Å². The van der Waals surface area contributed by atoms with Crippen LogP contribution in [0, 0.1) is 0 Å². The van der Waals surface area contributed by atoms with E-state index in [0.29, 0.717) is 5.02 Å². The molecule has 0 bridgehead atoms. The van der Waals surface area contributed by atoms with Gasteiger partial charge in [0.15, 0.2) is 0 Å². The summed E-state index contributed by atoms with van der Waals surface area (Å²) < 4.78 is 10.6. The topological polar surface area (TPSA) is 44.5 Å². The highest BCUT2D eigenvalue weighted by molar-refractivity contribution is 6.31. The monoisotopic (exact) mass is 291 g/mol. The largest absolute Gasteiger partial charge is 0.497 e. The van der Waals surface area contributed by atoms with Gasteiger partial charge in [0.1, 0.15) is 11.5 Å². The van der Waals surface area contributed by atoms with Crippen LogP contribution in [0.15, 0.2) is 36.4 Å². The summed E-state index contributed by atoms with van der Waals surface area (Å²) >= 11 is 6.28. The number of hydrogen-bond donors (Lipinski definition) is 1. The summed E-state index contributed by atoms with van der Waals surface area (Å²) in [5.74, 6) is 1.50. The summed E-state index contributed by atoms with van der Waals surface area (Å²) in [5, 5.41) is 0.662. The first kappa shape index (κ1) is 14.7. The fraction of sp³-hybridized carbons (Fsp3) is 0.250. The maximum absolute atomic E-state index is 6.28. The quantitative estimate of drug-likeness (QED) is 0.924. The summed E-state index contributed by atoms with van der Waals surface area (Å²) in [5.41, 5.74) is 8.75. The minimum atomic E-state index is -0.0886. The first-order chi connectivity index (χ1) is 9.56. The molecule has 0 amide bonds. The van der Waals surface area contributed by atoms with E-state index in [4.69, 9.17) is 26.8 Å². The molecule has 2 aromatic carbocycles. The molecule has 0 saturated heterocycles. The van der Waals surface area contributed by atoms with Crippen molar-refractivity contribution in [3.63, 3.8) is 0 Å². The Bertz CT molecular complexity index is 611. The van der Waals surface area contributed by atoms with Crippen LogP contribution in [0.2, 0.25) is 5.02 Å². The first-order valence-corrected chi connectivity index (χ1v) is 6.72. The van der Waals surface area contributed by atoms with E-state index in [1.165, 1.54) is 0 Å². The lowest BCUT2D eigenvalue weighted by Crippen LogP contribution is -2.05. The molecule has 0 radical (unpaired) electrons. The highest BCUT2D eigenvalue weighted by Crippen LogP contribution is 2.35. The molecule has 106 valence electrons. The Hall–Kier alpha value is -1.71. The van der Waals surface area contributed by atoms with E-state index in [9.17, 15) is 0 Å². The number of ether oxygens (including phenoxy) is 2. The predicted octanol–water partition coefficient (Wildman–Crippen LogP) is 4.04. The van der Waals surface area contributed by atoms with Crippen LogP contribution in [0.1, 0.15) is 18.5 Å². The molecule has 20 heavy (non-hydrogen) atoms. The van der Waals surface area contributed by atoms with E-state index in [2.05, 4.69) is 0 Å². The zero-order valence-electron chi connectivity index (χ0n) is 11.8. The van der Waals surface area contributed by atoms with Gasteiger partial charge in [0.2, 0.25) is 0 Å². The highest BCUT2D eigenvalue weighted by atomic mass is 35.5. The van der Waals surface area contributed by atoms with Gasteiger partial charge in [0.05, 0.1) is 14.2 Å². The van der Waals surface area contributed by atoms with Crippen LogP contribution < -0.4 is 15.2 Å². The van der Waals surface area contributed by atoms with Gasteiger partial charge in [-0.15, -0.1) is 0 Å². The second kappa shape index (κ2) is 6.16. The smallest absolute Gasteiger partial charge is 0.130 e. The SMILES string of the molecule is COc1ccc(-c2ccc(C(C)N)c(Cl)c2)c(OC)c1. The molecule has 2 aromatic rings. The van der Waals surface area contributed by atoms with Crippen molar-refractivity contribution in [2.45, 2.75) is 13.0 Å². The lowest BCUT2D eigenvalue weighted by Gasteiger charge is -2.13. The van der Waals surface area contributed by atoms with Crippen LogP contribution >= 0.6 is 11.6 Å². The molecule has 0 spiro atoms. The summed E-state index contributed by atoms with van der Waals surface area (Å²) in [6.07, 6.45) is 0. The molecule has 4 heteroatoms. The molecule has 0 aliphatic heterocycles. The molecule has 0 aromatic heterocycles. The fourth-order valence-corrected chi connectivity index (χ4v) is 2.45. The molecular weight excluding hydrogens is 274 g/mol. The van der Waals surface area contributed by atoms with Gasteiger partial charge in [-0.25, -0.2) is 0 Å². The highest BCUT2D eigenvalue weighted by Gasteiger charge is 2.11. The zero-order valence-corrected chi connectivity index (χ0v) is 12.6. The second-order valence-electron chi connectivity index (χ2n) is 4.59. The fourth-order valence-electron chi connectivity index (χ4n) is 2.10. The first-order valence-electron chi connectivity index (χ1n) is 6.34.